The van der Waals surface area contributed by atoms with Crippen LogP contribution in [0.25, 0.3) is 0 Å². The summed E-state index contributed by atoms with van der Waals surface area (Å²) in [7, 11) is 0. The Bertz CT molecular complexity index is 742. The third-order valence-electron chi connectivity index (χ3n) is 4.10. The van der Waals surface area contributed by atoms with Gasteiger partial charge in [0.05, 0.1) is 13.2 Å². The fourth-order valence-corrected chi connectivity index (χ4v) is 3.29. The van der Waals surface area contributed by atoms with Crippen LogP contribution in [0.4, 0.5) is 0 Å². The Balaban J connectivity index is 1.56. The van der Waals surface area contributed by atoms with Crippen molar-refractivity contribution in [1.29, 1.82) is 0 Å². The van der Waals surface area contributed by atoms with Crippen LogP contribution in [-0.2, 0) is 16.1 Å². The lowest BCUT2D eigenvalue weighted by atomic mass is 10.2. The summed E-state index contributed by atoms with van der Waals surface area (Å²) in [5, 5.41) is 4.76. The average Bonchev–Trinajstić information content (AvgIpc) is 3.20. The van der Waals surface area contributed by atoms with Gasteiger partial charge in [0, 0.05) is 23.5 Å². The van der Waals surface area contributed by atoms with E-state index in [1.165, 1.54) is 0 Å². The summed E-state index contributed by atoms with van der Waals surface area (Å²) < 4.78 is 11.0. The van der Waals surface area contributed by atoms with E-state index >= 15 is 0 Å². The molecule has 1 fully saturated rings. The van der Waals surface area contributed by atoms with Crippen molar-refractivity contribution in [3.05, 3.63) is 52.2 Å². The highest BCUT2D eigenvalue weighted by molar-refractivity contribution is 7.09. The first-order chi connectivity index (χ1) is 12.6. The van der Waals surface area contributed by atoms with Crippen molar-refractivity contribution in [2.45, 2.75) is 19.6 Å². The van der Waals surface area contributed by atoms with Crippen molar-refractivity contribution in [2.24, 2.45) is 0 Å². The normalized spacial score (nSPS) is 15.3. The Labute approximate surface area is 156 Å². The van der Waals surface area contributed by atoms with Gasteiger partial charge in [-0.2, -0.15) is 0 Å². The van der Waals surface area contributed by atoms with Crippen LogP contribution in [0.15, 0.2) is 41.8 Å². The molecule has 0 bridgehead atoms. The van der Waals surface area contributed by atoms with Gasteiger partial charge in [0.1, 0.15) is 18.4 Å². The monoisotopic (exact) mass is 374 g/mol. The van der Waals surface area contributed by atoms with E-state index in [-0.39, 0.29) is 11.8 Å². The molecule has 0 spiro atoms. The van der Waals surface area contributed by atoms with Crippen molar-refractivity contribution in [3.8, 4) is 5.75 Å². The Morgan fingerprint density at radius 1 is 1.27 bits per heavy atom. The number of carbonyl (C=O) groups excluding carboxylic acids is 2. The number of morpholine rings is 1. The molecular weight excluding hydrogens is 352 g/mol. The van der Waals surface area contributed by atoms with E-state index in [2.05, 4.69) is 5.32 Å². The first-order valence-electron chi connectivity index (χ1n) is 8.56. The number of hydrogen-bond donors (Lipinski definition) is 1. The number of hydrogen-bond acceptors (Lipinski definition) is 5. The number of ether oxygens (including phenoxy) is 2. The van der Waals surface area contributed by atoms with Gasteiger partial charge in [-0.3, -0.25) is 9.59 Å². The fraction of sp³-hybridized carbons (Fsp3) is 0.368. The van der Waals surface area contributed by atoms with Crippen LogP contribution in [-0.4, -0.2) is 49.1 Å². The van der Waals surface area contributed by atoms with Crippen molar-refractivity contribution in [1.82, 2.24) is 10.2 Å². The van der Waals surface area contributed by atoms with Crippen molar-refractivity contribution in [3.63, 3.8) is 0 Å². The average molecular weight is 374 g/mol. The van der Waals surface area contributed by atoms with Gasteiger partial charge in [0.25, 0.3) is 5.91 Å². The van der Waals surface area contributed by atoms with E-state index in [9.17, 15) is 9.59 Å². The molecule has 0 saturated carbocycles. The highest BCUT2D eigenvalue weighted by Gasteiger charge is 2.24. The topological polar surface area (TPSA) is 67.9 Å². The van der Waals surface area contributed by atoms with E-state index in [1.807, 2.05) is 23.6 Å². The molecule has 0 aliphatic carbocycles. The van der Waals surface area contributed by atoms with Gasteiger partial charge >= 0.3 is 0 Å². The number of nitrogens with zero attached hydrogens (tertiary/aromatic N) is 1. The second-order valence-electron chi connectivity index (χ2n) is 6.03. The second kappa shape index (κ2) is 8.82. The molecule has 1 aromatic heterocycles. The summed E-state index contributed by atoms with van der Waals surface area (Å²) in [5.74, 6) is 0.241. The number of amides is 2. The minimum atomic E-state index is -0.587. The van der Waals surface area contributed by atoms with Gasteiger partial charge in [-0.15, -0.1) is 11.3 Å². The van der Waals surface area contributed by atoms with Crippen molar-refractivity contribution >= 4 is 23.2 Å². The number of nitrogens with one attached hydrogen (secondary N) is 1. The highest BCUT2D eigenvalue weighted by Crippen LogP contribution is 2.17. The van der Waals surface area contributed by atoms with Crippen molar-refractivity contribution < 1.29 is 19.1 Å². The van der Waals surface area contributed by atoms with E-state index in [4.69, 9.17) is 9.47 Å². The van der Waals surface area contributed by atoms with Crippen LogP contribution < -0.4 is 10.1 Å². The second-order valence-corrected chi connectivity index (χ2v) is 7.06. The van der Waals surface area contributed by atoms with Crippen LogP contribution in [0, 0.1) is 0 Å². The molecule has 1 aliphatic heterocycles. The van der Waals surface area contributed by atoms with Crippen LogP contribution in [0.1, 0.15) is 22.2 Å². The van der Waals surface area contributed by atoms with Crippen LogP contribution in [0.3, 0.4) is 0 Å². The quantitative estimate of drug-likeness (QED) is 0.843. The van der Waals surface area contributed by atoms with E-state index in [0.29, 0.717) is 44.2 Å². The lowest BCUT2D eigenvalue weighted by Crippen LogP contribution is -2.50. The van der Waals surface area contributed by atoms with Crippen LogP contribution >= 0.6 is 11.3 Å². The molecule has 1 atom stereocenters. The smallest absolute Gasteiger partial charge is 0.252 e. The van der Waals surface area contributed by atoms with Crippen LogP contribution in [0.2, 0.25) is 0 Å². The van der Waals surface area contributed by atoms with Gasteiger partial charge in [-0.05, 0) is 36.6 Å². The lowest BCUT2D eigenvalue weighted by molar-refractivity contribution is -0.136. The summed E-state index contributed by atoms with van der Waals surface area (Å²) in [6.07, 6.45) is 0. The Hall–Kier alpha value is -2.38. The molecule has 26 heavy (non-hydrogen) atoms. The largest absolute Gasteiger partial charge is 0.488 e. The zero-order valence-corrected chi connectivity index (χ0v) is 15.5. The minimum absolute atomic E-state index is 0.0910. The van der Waals surface area contributed by atoms with Crippen LogP contribution in [0.5, 0.6) is 5.75 Å². The number of thiophene rings is 1. The predicted molar refractivity (Wildman–Crippen MR) is 99.4 cm³/mol. The Morgan fingerprint density at radius 3 is 2.81 bits per heavy atom. The van der Waals surface area contributed by atoms with E-state index < -0.39 is 6.04 Å². The molecule has 1 aromatic carbocycles. The molecule has 0 radical (unpaired) electrons. The number of benzene rings is 1. The van der Waals surface area contributed by atoms with Gasteiger partial charge in [-0.1, -0.05) is 12.1 Å². The Kier molecular flexibility index (Phi) is 6.25. The lowest BCUT2D eigenvalue weighted by Gasteiger charge is -2.29. The first kappa shape index (κ1) is 18.4. The molecule has 1 unspecified atom stereocenters. The summed E-state index contributed by atoms with van der Waals surface area (Å²) in [5.41, 5.74) is 0.468. The van der Waals surface area contributed by atoms with E-state index in [0.717, 1.165) is 4.88 Å². The molecule has 1 aliphatic rings. The maximum Gasteiger partial charge on any atom is 0.252 e. The zero-order valence-electron chi connectivity index (χ0n) is 14.6. The standard InChI is InChI=1S/C19H22N2O4S/c1-14(19(23)21-7-9-24-10-8-21)20-18(22)15-4-2-5-16(12-15)25-13-17-6-3-11-26-17/h2-6,11-12,14H,7-10,13H2,1H3,(H,20,22). The molecule has 2 heterocycles. The van der Waals surface area contributed by atoms with Gasteiger partial charge < -0.3 is 19.7 Å². The Morgan fingerprint density at radius 2 is 2.08 bits per heavy atom. The fourth-order valence-electron chi connectivity index (χ4n) is 2.68. The van der Waals surface area contributed by atoms with Gasteiger partial charge in [0.2, 0.25) is 5.91 Å². The molecule has 2 aromatic rings. The van der Waals surface area contributed by atoms with Gasteiger partial charge in [-0.25, -0.2) is 0 Å². The minimum Gasteiger partial charge on any atom is -0.488 e. The molecule has 3 rings (SSSR count). The summed E-state index contributed by atoms with van der Waals surface area (Å²) in [4.78, 5) is 27.7. The SMILES string of the molecule is CC(NC(=O)c1cccc(OCc2cccs2)c1)C(=O)N1CCOCC1. The van der Waals surface area contributed by atoms with E-state index in [1.54, 1.807) is 41.4 Å². The predicted octanol–water partition coefficient (Wildman–Crippen LogP) is 2.30. The molecule has 1 saturated heterocycles. The zero-order chi connectivity index (χ0) is 18.4. The molecule has 6 nitrogen and oxygen atoms in total. The molecule has 1 N–H and O–H groups in total. The summed E-state index contributed by atoms with van der Waals surface area (Å²) in [6.45, 7) is 4.36. The maximum absolute atomic E-state index is 12.5. The number of rotatable bonds is 6. The molecule has 138 valence electrons. The highest BCUT2D eigenvalue weighted by atomic mass is 32.1. The third kappa shape index (κ3) is 4.83. The molecule has 7 heteroatoms. The molecular formula is C19H22N2O4S. The van der Waals surface area contributed by atoms with Gasteiger partial charge in [0.15, 0.2) is 0 Å². The summed E-state index contributed by atoms with van der Waals surface area (Å²) in [6, 6.07) is 10.4. The molecule has 2 amide bonds. The maximum atomic E-state index is 12.5. The first-order valence-corrected chi connectivity index (χ1v) is 9.44. The number of carbonyl (C=O) groups is 2. The van der Waals surface area contributed by atoms with Crippen molar-refractivity contribution in [2.75, 3.05) is 26.3 Å². The summed E-state index contributed by atoms with van der Waals surface area (Å²) >= 11 is 1.62. The third-order valence-corrected chi connectivity index (χ3v) is 4.95.